The SMILES string of the molecule is Cc1ccc(-c2cc(C(=O)N[C@@H](C)c3cnccn3)cc(-n3nnnc3C(C)C)c2)nc1. The van der Waals surface area contributed by atoms with Crippen molar-refractivity contribution in [3.8, 4) is 16.9 Å². The number of amides is 1. The zero-order valence-electron chi connectivity index (χ0n) is 18.4. The molecule has 9 nitrogen and oxygen atoms in total. The molecule has 1 N–H and O–H groups in total. The van der Waals surface area contributed by atoms with E-state index in [9.17, 15) is 4.79 Å². The quantitative estimate of drug-likeness (QED) is 0.501. The van der Waals surface area contributed by atoms with Crippen molar-refractivity contribution < 1.29 is 4.79 Å². The number of nitrogens with zero attached hydrogens (tertiary/aromatic N) is 7. The van der Waals surface area contributed by atoms with Crippen molar-refractivity contribution in [2.45, 2.75) is 39.7 Å². The van der Waals surface area contributed by atoms with Crippen LogP contribution in [0.2, 0.25) is 0 Å². The number of pyridine rings is 1. The summed E-state index contributed by atoms with van der Waals surface area (Å²) in [5, 5.41) is 15.1. The Labute approximate surface area is 186 Å². The summed E-state index contributed by atoms with van der Waals surface area (Å²) in [6.45, 7) is 7.88. The van der Waals surface area contributed by atoms with Crippen LogP contribution in [0, 0.1) is 6.92 Å². The highest BCUT2D eigenvalue weighted by molar-refractivity contribution is 5.96. The van der Waals surface area contributed by atoms with Crippen molar-refractivity contribution in [1.29, 1.82) is 0 Å². The van der Waals surface area contributed by atoms with E-state index in [1.807, 2.05) is 52.0 Å². The average molecular weight is 429 g/mol. The first-order valence-corrected chi connectivity index (χ1v) is 10.4. The monoisotopic (exact) mass is 428 g/mol. The van der Waals surface area contributed by atoms with Gasteiger partial charge in [-0.3, -0.25) is 19.7 Å². The second kappa shape index (κ2) is 9.01. The van der Waals surface area contributed by atoms with Crippen LogP contribution in [0.3, 0.4) is 0 Å². The van der Waals surface area contributed by atoms with Crippen molar-refractivity contribution in [2.24, 2.45) is 0 Å². The van der Waals surface area contributed by atoms with E-state index in [1.165, 1.54) is 0 Å². The number of nitrogens with one attached hydrogen (secondary N) is 1. The Kier molecular flexibility index (Phi) is 5.98. The van der Waals surface area contributed by atoms with E-state index in [2.05, 4.69) is 35.8 Å². The molecule has 0 radical (unpaired) electrons. The van der Waals surface area contributed by atoms with Gasteiger partial charge in [0.2, 0.25) is 0 Å². The number of carbonyl (C=O) groups excluding carboxylic acids is 1. The van der Waals surface area contributed by atoms with Crippen molar-refractivity contribution in [3.05, 3.63) is 77.8 Å². The fraction of sp³-hybridized carbons (Fsp3) is 0.261. The molecule has 0 aliphatic rings. The number of carbonyl (C=O) groups is 1. The Balaban J connectivity index is 1.75. The Bertz CT molecular complexity index is 1220. The van der Waals surface area contributed by atoms with Crippen LogP contribution in [0.4, 0.5) is 0 Å². The molecule has 0 fully saturated rings. The number of aryl methyl sites for hydroxylation is 1. The molecular weight excluding hydrogens is 404 g/mol. The predicted octanol–water partition coefficient (Wildman–Crippen LogP) is 3.44. The Morgan fingerprint density at radius 2 is 1.88 bits per heavy atom. The van der Waals surface area contributed by atoms with Crippen LogP contribution in [0.1, 0.15) is 60.2 Å². The summed E-state index contributed by atoms with van der Waals surface area (Å²) in [5.74, 6) is 0.580. The van der Waals surface area contributed by atoms with Crippen LogP contribution < -0.4 is 5.32 Å². The molecule has 0 saturated carbocycles. The van der Waals surface area contributed by atoms with Crippen LogP contribution in [0.25, 0.3) is 16.9 Å². The van der Waals surface area contributed by atoms with Crippen molar-refractivity contribution >= 4 is 5.91 Å². The minimum Gasteiger partial charge on any atom is -0.344 e. The number of aromatic nitrogens is 7. The third-order valence-electron chi connectivity index (χ3n) is 5.02. The second-order valence-corrected chi connectivity index (χ2v) is 7.92. The lowest BCUT2D eigenvalue weighted by Gasteiger charge is -2.15. The lowest BCUT2D eigenvalue weighted by atomic mass is 10.0. The third kappa shape index (κ3) is 4.51. The second-order valence-electron chi connectivity index (χ2n) is 7.92. The van der Waals surface area contributed by atoms with E-state index in [4.69, 9.17) is 0 Å². The molecule has 0 unspecified atom stereocenters. The van der Waals surface area contributed by atoms with Crippen LogP contribution >= 0.6 is 0 Å². The molecule has 4 aromatic rings. The standard InChI is InChI=1S/C23H24N8O/c1-14(2)22-28-29-30-31(22)19-10-17(20-6-5-15(3)12-26-20)9-18(11-19)23(32)27-16(4)21-13-24-7-8-25-21/h5-14,16H,1-4H3,(H,27,32)/t16-/m0/s1. The minimum absolute atomic E-state index is 0.111. The fourth-order valence-corrected chi connectivity index (χ4v) is 3.28. The maximum absolute atomic E-state index is 13.2. The summed E-state index contributed by atoms with van der Waals surface area (Å²) in [5.41, 5.74) is 4.46. The Hall–Kier alpha value is -4.01. The summed E-state index contributed by atoms with van der Waals surface area (Å²) in [4.78, 5) is 26.0. The molecule has 0 aliphatic carbocycles. The number of hydrogen-bond acceptors (Lipinski definition) is 7. The highest BCUT2D eigenvalue weighted by Crippen LogP contribution is 2.25. The molecule has 3 heterocycles. The first kappa shape index (κ1) is 21.2. The predicted molar refractivity (Wildman–Crippen MR) is 119 cm³/mol. The van der Waals surface area contributed by atoms with Gasteiger partial charge in [-0.05, 0) is 54.1 Å². The van der Waals surface area contributed by atoms with Gasteiger partial charge in [0, 0.05) is 35.6 Å². The van der Waals surface area contributed by atoms with Gasteiger partial charge in [-0.25, -0.2) is 0 Å². The zero-order valence-corrected chi connectivity index (χ0v) is 18.4. The van der Waals surface area contributed by atoms with E-state index >= 15 is 0 Å². The zero-order chi connectivity index (χ0) is 22.7. The smallest absolute Gasteiger partial charge is 0.251 e. The van der Waals surface area contributed by atoms with Gasteiger partial charge in [-0.2, -0.15) is 4.68 Å². The van der Waals surface area contributed by atoms with E-state index in [-0.39, 0.29) is 17.9 Å². The normalized spacial score (nSPS) is 12.0. The van der Waals surface area contributed by atoms with E-state index in [0.717, 1.165) is 16.8 Å². The van der Waals surface area contributed by atoms with E-state index in [0.29, 0.717) is 22.8 Å². The van der Waals surface area contributed by atoms with Crippen molar-refractivity contribution in [1.82, 2.24) is 40.5 Å². The van der Waals surface area contributed by atoms with E-state index in [1.54, 1.807) is 35.5 Å². The van der Waals surface area contributed by atoms with Crippen LogP contribution in [0.15, 0.2) is 55.1 Å². The van der Waals surface area contributed by atoms with Gasteiger partial charge >= 0.3 is 0 Å². The first-order valence-electron chi connectivity index (χ1n) is 10.4. The van der Waals surface area contributed by atoms with Crippen LogP contribution in [-0.4, -0.2) is 41.1 Å². The van der Waals surface area contributed by atoms with Gasteiger partial charge in [-0.15, -0.1) is 5.10 Å². The Morgan fingerprint density at radius 1 is 1.03 bits per heavy atom. The van der Waals surface area contributed by atoms with Gasteiger partial charge in [-0.1, -0.05) is 19.9 Å². The number of hydrogen-bond donors (Lipinski definition) is 1. The number of benzene rings is 1. The van der Waals surface area contributed by atoms with Crippen molar-refractivity contribution in [3.63, 3.8) is 0 Å². The fourth-order valence-electron chi connectivity index (χ4n) is 3.28. The summed E-state index contributed by atoms with van der Waals surface area (Å²) in [6, 6.07) is 9.14. The van der Waals surface area contributed by atoms with Crippen LogP contribution in [0.5, 0.6) is 0 Å². The molecule has 1 atom stereocenters. The first-order chi connectivity index (χ1) is 15.4. The minimum atomic E-state index is -0.305. The molecule has 3 aromatic heterocycles. The molecule has 1 aromatic carbocycles. The lowest BCUT2D eigenvalue weighted by molar-refractivity contribution is 0.0939. The summed E-state index contributed by atoms with van der Waals surface area (Å²) in [7, 11) is 0. The number of tetrazole rings is 1. The summed E-state index contributed by atoms with van der Waals surface area (Å²) < 4.78 is 1.66. The third-order valence-corrected chi connectivity index (χ3v) is 5.02. The van der Waals surface area contributed by atoms with Gasteiger partial charge < -0.3 is 5.32 Å². The molecule has 1 amide bonds. The molecule has 0 aliphatic heterocycles. The maximum Gasteiger partial charge on any atom is 0.251 e. The van der Waals surface area contributed by atoms with E-state index < -0.39 is 0 Å². The highest BCUT2D eigenvalue weighted by Gasteiger charge is 2.18. The summed E-state index contributed by atoms with van der Waals surface area (Å²) in [6.07, 6.45) is 6.64. The molecule has 4 rings (SSSR count). The molecule has 9 heteroatoms. The highest BCUT2D eigenvalue weighted by atomic mass is 16.1. The van der Waals surface area contributed by atoms with Gasteiger partial charge in [0.25, 0.3) is 5.91 Å². The molecule has 162 valence electrons. The molecule has 32 heavy (non-hydrogen) atoms. The maximum atomic E-state index is 13.2. The molecular formula is C23H24N8O. The topological polar surface area (TPSA) is 111 Å². The Morgan fingerprint density at radius 3 is 2.56 bits per heavy atom. The largest absolute Gasteiger partial charge is 0.344 e. The molecule has 0 saturated heterocycles. The molecule has 0 bridgehead atoms. The summed E-state index contributed by atoms with van der Waals surface area (Å²) >= 11 is 0. The average Bonchev–Trinajstić information content (AvgIpc) is 3.30. The van der Waals surface area contributed by atoms with Crippen molar-refractivity contribution in [2.75, 3.05) is 0 Å². The lowest BCUT2D eigenvalue weighted by Crippen LogP contribution is -2.27. The number of rotatable bonds is 6. The van der Waals surface area contributed by atoms with Gasteiger partial charge in [0.15, 0.2) is 5.82 Å². The van der Waals surface area contributed by atoms with Gasteiger partial charge in [0.1, 0.15) is 0 Å². The van der Waals surface area contributed by atoms with Gasteiger partial charge in [0.05, 0.1) is 29.3 Å². The molecule has 0 spiro atoms. The van der Waals surface area contributed by atoms with Crippen LogP contribution in [-0.2, 0) is 0 Å².